The minimum Gasteiger partial charge on any atom is -0.504 e. The predicted molar refractivity (Wildman–Crippen MR) is 127 cm³/mol. The number of methoxy groups -OCH3 is 1. The number of halogens is 1. The van der Waals surface area contributed by atoms with Crippen LogP contribution in [0.1, 0.15) is 5.56 Å². The van der Waals surface area contributed by atoms with Crippen molar-refractivity contribution < 1.29 is 14.2 Å². The molecule has 5 aromatic rings. The molecule has 170 valence electrons. The van der Waals surface area contributed by atoms with E-state index in [4.69, 9.17) is 4.74 Å². The topological polar surface area (TPSA) is 98.0 Å². The van der Waals surface area contributed by atoms with Gasteiger partial charge in [-0.2, -0.15) is 5.10 Å². The molecular weight excluding hydrogens is 435 g/mol. The lowest BCUT2D eigenvalue weighted by Gasteiger charge is -2.11. The summed E-state index contributed by atoms with van der Waals surface area (Å²) < 4.78 is 20.3. The number of aromatic nitrogens is 5. The first-order valence-corrected chi connectivity index (χ1v) is 10.5. The Hall–Kier alpha value is -4.53. The van der Waals surface area contributed by atoms with Crippen molar-refractivity contribution in [2.75, 3.05) is 12.4 Å². The summed E-state index contributed by atoms with van der Waals surface area (Å²) in [7, 11) is 3.43. The van der Waals surface area contributed by atoms with Gasteiger partial charge in [0.1, 0.15) is 34.8 Å². The maximum absolute atomic E-state index is 13.5. The first-order valence-electron chi connectivity index (χ1n) is 10.5. The van der Waals surface area contributed by atoms with Crippen molar-refractivity contribution in [3.63, 3.8) is 0 Å². The van der Waals surface area contributed by atoms with Gasteiger partial charge in [0.2, 0.25) is 0 Å². The van der Waals surface area contributed by atoms with Crippen LogP contribution >= 0.6 is 0 Å². The van der Waals surface area contributed by atoms with Crippen molar-refractivity contribution in [1.29, 1.82) is 0 Å². The molecule has 5 rings (SSSR count). The quantitative estimate of drug-likeness (QED) is 0.387. The molecule has 0 aliphatic carbocycles. The molecule has 8 nitrogen and oxygen atoms in total. The van der Waals surface area contributed by atoms with Crippen LogP contribution in [0.4, 0.5) is 10.2 Å². The van der Waals surface area contributed by atoms with Crippen LogP contribution in [0.2, 0.25) is 0 Å². The highest BCUT2D eigenvalue weighted by atomic mass is 19.1. The molecule has 0 bridgehead atoms. The molecule has 9 heteroatoms. The summed E-state index contributed by atoms with van der Waals surface area (Å²) in [5.74, 6) is 0.742. The molecule has 0 amide bonds. The van der Waals surface area contributed by atoms with Gasteiger partial charge in [-0.3, -0.25) is 4.68 Å². The standard InChI is InChI=1S/C25H21FN6O2/c1-32-13-19(22(31-32)16-5-7-17(26)8-6-16)23-24-20(28-14-29-23)11-21(33)25(30-24)27-12-15-3-9-18(34-2)10-4-15/h3-11,13-14,33H,12H2,1-2H3,(H,27,30). The molecule has 0 atom stereocenters. The lowest BCUT2D eigenvalue weighted by atomic mass is 10.0. The van der Waals surface area contributed by atoms with Crippen molar-refractivity contribution in [3.05, 3.63) is 78.5 Å². The third kappa shape index (κ3) is 4.11. The van der Waals surface area contributed by atoms with Gasteiger partial charge in [-0.15, -0.1) is 0 Å². The number of aryl methyl sites for hydroxylation is 1. The molecular formula is C25H21FN6O2. The minimum atomic E-state index is -0.321. The SMILES string of the molecule is COc1ccc(CNc2nc3c(-c4cn(C)nc4-c4ccc(F)cc4)ncnc3cc2O)cc1. The van der Waals surface area contributed by atoms with Crippen LogP contribution in [0, 0.1) is 5.82 Å². The summed E-state index contributed by atoms with van der Waals surface area (Å²) >= 11 is 0. The highest BCUT2D eigenvalue weighted by Gasteiger charge is 2.19. The number of ether oxygens (including phenoxy) is 1. The summed E-state index contributed by atoms with van der Waals surface area (Å²) in [5, 5.41) is 18.3. The molecule has 3 aromatic heterocycles. The molecule has 0 saturated carbocycles. The van der Waals surface area contributed by atoms with E-state index in [1.807, 2.05) is 30.5 Å². The smallest absolute Gasteiger partial charge is 0.169 e. The van der Waals surface area contributed by atoms with Gasteiger partial charge in [0, 0.05) is 37.0 Å². The van der Waals surface area contributed by atoms with Crippen molar-refractivity contribution in [3.8, 4) is 34.0 Å². The number of fused-ring (bicyclic) bond motifs is 1. The normalized spacial score (nSPS) is 11.0. The van der Waals surface area contributed by atoms with Gasteiger partial charge in [-0.25, -0.2) is 19.3 Å². The molecule has 0 radical (unpaired) electrons. The van der Waals surface area contributed by atoms with Crippen molar-refractivity contribution in [2.45, 2.75) is 6.54 Å². The Labute approximate surface area is 194 Å². The molecule has 0 saturated heterocycles. The van der Waals surface area contributed by atoms with Crippen LogP contribution in [0.3, 0.4) is 0 Å². The second kappa shape index (κ2) is 8.78. The Morgan fingerprint density at radius 1 is 1.03 bits per heavy atom. The van der Waals surface area contributed by atoms with Gasteiger partial charge in [-0.1, -0.05) is 12.1 Å². The molecule has 3 heterocycles. The molecule has 0 unspecified atom stereocenters. The summed E-state index contributed by atoms with van der Waals surface area (Å²) in [6.07, 6.45) is 3.25. The lowest BCUT2D eigenvalue weighted by molar-refractivity contribution is 0.414. The van der Waals surface area contributed by atoms with Gasteiger partial charge < -0.3 is 15.2 Å². The van der Waals surface area contributed by atoms with Crippen LogP contribution in [-0.4, -0.2) is 36.9 Å². The van der Waals surface area contributed by atoms with Crippen molar-refractivity contribution >= 4 is 16.9 Å². The van der Waals surface area contributed by atoms with E-state index in [2.05, 4.69) is 25.4 Å². The fraction of sp³-hybridized carbons (Fsp3) is 0.120. The van der Waals surface area contributed by atoms with Gasteiger partial charge in [0.15, 0.2) is 11.6 Å². The Balaban J connectivity index is 1.55. The number of anilines is 1. The van der Waals surface area contributed by atoms with Crippen LogP contribution in [0.5, 0.6) is 11.5 Å². The third-order valence-electron chi connectivity index (χ3n) is 5.41. The Bertz CT molecular complexity index is 1470. The number of nitrogens with zero attached hydrogens (tertiary/aromatic N) is 5. The highest BCUT2D eigenvalue weighted by Crippen LogP contribution is 2.35. The van der Waals surface area contributed by atoms with Crippen LogP contribution < -0.4 is 10.1 Å². The minimum absolute atomic E-state index is 0.0180. The average molecular weight is 456 g/mol. The number of nitrogens with one attached hydrogen (secondary N) is 1. The van der Waals surface area contributed by atoms with Gasteiger partial charge >= 0.3 is 0 Å². The second-order valence-electron chi connectivity index (χ2n) is 7.72. The molecule has 2 N–H and O–H groups in total. The first-order chi connectivity index (χ1) is 16.5. The van der Waals surface area contributed by atoms with E-state index in [0.29, 0.717) is 34.8 Å². The number of benzene rings is 2. The monoisotopic (exact) mass is 456 g/mol. The van der Waals surface area contributed by atoms with Gasteiger partial charge in [0.05, 0.1) is 12.6 Å². The third-order valence-corrected chi connectivity index (χ3v) is 5.41. The summed E-state index contributed by atoms with van der Waals surface area (Å²) in [6.45, 7) is 0.451. The number of hydrogen-bond donors (Lipinski definition) is 2. The zero-order valence-corrected chi connectivity index (χ0v) is 18.5. The highest BCUT2D eigenvalue weighted by molar-refractivity contribution is 5.94. The molecule has 0 aliphatic heterocycles. The summed E-state index contributed by atoms with van der Waals surface area (Å²) in [6, 6.07) is 15.3. The van der Waals surface area contributed by atoms with Gasteiger partial charge in [-0.05, 0) is 42.0 Å². The molecule has 2 aromatic carbocycles. The van der Waals surface area contributed by atoms with Crippen LogP contribution in [0.25, 0.3) is 33.5 Å². The van der Waals surface area contributed by atoms with Crippen molar-refractivity contribution in [1.82, 2.24) is 24.7 Å². The largest absolute Gasteiger partial charge is 0.504 e. The Morgan fingerprint density at radius 2 is 1.79 bits per heavy atom. The van der Waals surface area contributed by atoms with Gasteiger partial charge in [0.25, 0.3) is 0 Å². The summed E-state index contributed by atoms with van der Waals surface area (Å²) in [4.78, 5) is 13.4. The Kier molecular flexibility index (Phi) is 5.51. The number of hydrogen-bond acceptors (Lipinski definition) is 7. The van der Waals surface area contributed by atoms with E-state index in [9.17, 15) is 9.50 Å². The number of pyridine rings is 1. The first kappa shape index (κ1) is 21.3. The van der Waals surface area contributed by atoms with Crippen molar-refractivity contribution in [2.24, 2.45) is 7.05 Å². The van der Waals surface area contributed by atoms with E-state index < -0.39 is 0 Å². The second-order valence-corrected chi connectivity index (χ2v) is 7.72. The molecule has 0 fully saturated rings. The number of aromatic hydroxyl groups is 1. The van der Waals surface area contributed by atoms with E-state index in [1.54, 1.807) is 37.0 Å². The number of rotatable bonds is 6. The van der Waals surface area contributed by atoms with Crippen LogP contribution in [-0.2, 0) is 13.6 Å². The average Bonchev–Trinajstić information content (AvgIpc) is 3.24. The maximum Gasteiger partial charge on any atom is 0.169 e. The fourth-order valence-corrected chi connectivity index (χ4v) is 3.71. The van der Waals surface area contributed by atoms with E-state index in [0.717, 1.165) is 22.4 Å². The van der Waals surface area contributed by atoms with Crippen LogP contribution in [0.15, 0.2) is 67.1 Å². The zero-order chi connectivity index (χ0) is 23.7. The molecule has 34 heavy (non-hydrogen) atoms. The molecule has 0 aliphatic rings. The maximum atomic E-state index is 13.5. The summed E-state index contributed by atoms with van der Waals surface area (Å²) in [5.41, 5.74) is 4.68. The van der Waals surface area contributed by atoms with E-state index in [1.165, 1.54) is 18.5 Å². The lowest BCUT2D eigenvalue weighted by Crippen LogP contribution is -2.03. The van der Waals surface area contributed by atoms with E-state index in [-0.39, 0.29) is 11.6 Å². The predicted octanol–water partition coefficient (Wildman–Crippen LogP) is 4.56. The molecule has 0 spiro atoms. The fourth-order valence-electron chi connectivity index (χ4n) is 3.71. The Morgan fingerprint density at radius 3 is 2.53 bits per heavy atom. The van der Waals surface area contributed by atoms with E-state index >= 15 is 0 Å². The zero-order valence-electron chi connectivity index (χ0n) is 18.5.